The number of carbonyl (C=O) groups is 1. The molecule has 0 N–H and O–H groups in total. The molecule has 0 bridgehead atoms. The molecule has 0 atom stereocenters. The fourth-order valence-electron chi connectivity index (χ4n) is 1.02. The highest BCUT2D eigenvalue weighted by Gasteiger charge is 2.78. The minimum atomic E-state index is -7.24. The van der Waals surface area contributed by atoms with Crippen LogP contribution in [0.3, 0.4) is 0 Å². The molecule has 0 aromatic rings. The van der Waals surface area contributed by atoms with Gasteiger partial charge >= 0.3 is 24.2 Å². The van der Waals surface area contributed by atoms with Crippen LogP contribution in [0.5, 0.6) is 0 Å². The van der Waals surface area contributed by atoms with E-state index in [9.17, 15) is 63.1 Å². The van der Waals surface area contributed by atoms with E-state index in [1.807, 2.05) is 0 Å². The van der Waals surface area contributed by atoms with Crippen LogP contribution in [0.15, 0.2) is 0 Å². The lowest BCUT2D eigenvalue weighted by atomic mass is 9.94. The lowest BCUT2D eigenvalue weighted by Crippen LogP contribution is -2.60. The van der Waals surface area contributed by atoms with Gasteiger partial charge in [-0.2, -0.15) is 43.9 Å². The van der Waals surface area contributed by atoms with Gasteiger partial charge in [-0.1, -0.05) is 0 Å². The van der Waals surface area contributed by atoms with E-state index in [4.69, 9.17) is 0 Å². The maximum Gasteiger partial charge on any atom is 0.454 e. The molecule has 0 radical (unpaired) electrons. The van der Waals surface area contributed by atoms with Crippen LogP contribution >= 0.6 is 7.60 Å². The van der Waals surface area contributed by atoms with E-state index in [0.717, 1.165) is 0 Å². The molecule has 0 amide bonds. The third-order valence-corrected chi connectivity index (χ3v) is 2.80. The predicted molar refractivity (Wildman–Crippen MR) is 38.1 cm³/mol. The maximum atomic E-state index is 12.7. The monoisotopic (exact) mass is 358 g/mol. The van der Waals surface area contributed by atoms with Crippen molar-refractivity contribution < 1.29 is 63.1 Å². The highest BCUT2D eigenvalue weighted by molar-refractivity contribution is 7.67. The van der Waals surface area contributed by atoms with Gasteiger partial charge in [-0.15, -0.1) is 0 Å². The van der Waals surface area contributed by atoms with Gasteiger partial charge in [-0.3, -0.25) is 4.79 Å². The number of carbonyl (C=O) groups excluding carboxylic acids is 1. The molecule has 15 heteroatoms. The van der Waals surface area contributed by atoms with Crippen molar-refractivity contribution in [1.29, 1.82) is 0 Å². The Labute approximate surface area is 107 Å². The summed E-state index contributed by atoms with van der Waals surface area (Å²) in [6.07, 6.45) is -14.3. The van der Waals surface area contributed by atoms with E-state index in [0.29, 0.717) is 0 Å². The average molecular weight is 358 g/mol. The Morgan fingerprint density at radius 2 is 1.00 bits per heavy atom. The van der Waals surface area contributed by atoms with Gasteiger partial charge in [0.15, 0.2) is 11.4 Å². The van der Waals surface area contributed by atoms with E-state index < -0.39 is 43.2 Å². The van der Waals surface area contributed by atoms with Crippen LogP contribution in [0.2, 0.25) is 0 Å². The number of rotatable bonds is 4. The van der Waals surface area contributed by atoms with Gasteiger partial charge in [0.25, 0.3) is 0 Å². The summed E-state index contributed by atoms with van der Waals surface area (Å²) >= 11 is 0. The molecule has 0 aromatic heterocycles. The van der Waals surface area contributed by atoms with E-state index in [-0.39, 0.29) is 0 Å². The predicted octanol–water partition coefficient (Wildman–Crippen LogP) is 1.44. The average Bonchev–Trinajstić information content (AvgIpc) is 2.11. The SMILES string of the molecule is O=C(C(C(F)(F)C(F)(F)F)C(F)(F)C(F)(F)F)P(=O)([O-])[O-]. The van der Waals surface area contributed by atoms with Crippen molar-refractivity contribution in [2.45, 2.75) is 24.2 Å². The number of alkyl halides is 10. The Balaban J connectivity index is 6.34. The molecular weight excluding hydrogens is 357 g/mol. The molecule has 126 valence electrons. The molecule has 4 nitrogen and oxygen atoms in total. The maximum absolute atomic E-state index is 12.7. The van der Waals surface area contributed by atoms with Gasteiger partial charge in [-0.05, 0) is 0 Å². The van der Waals surface area contributed by atoms with Crippen LogP contribution in [0.1, 0.15) is 0 Å². The Bertz CT molecular complexity index is 433. The smallest absolute Gasteiger partial charge is 0.454 e. The molecule has 0 saturated carbocycles. The van der Waals surface area contributed by atoms with E-state index in [1.54, 1.807) is 0 Å². The molecule has 0 saturated heterocycles. The van der Waals surface area contributed by atoms with E-state index in [2.05, 4.69) is 0 Å². The van der Waals surface area contributed by atoms with Gasteiger partial charge in [-0.25, -0.2) is 0 Å². The van der Waals surface area contributed by atoms with Gasteiger partial charge in [0, 0.05) is 7.60 Å². The first kappa shape index (κ1) is 20.1. The van der Waals surface area contributed by atoms with Crippen LogP contribution in [-0.4, -0.2) is 29.7 Å². The summed E-state index contributed by atoms with van der Waals surface area (Å²) in [5.74, 6) is -20.0. The molecule has 0 unspecified atom stereocenters. The van der Waals surface area contributed by atoms with Crippen molar-refractivity contribution >= 4 is 13.1 Å². The van der Waals surface area contributed by atoms with Crippen molar-refractivity contribution in [2.24, 2.45) is 5.92 Å². The standard InChI is InChI=1S/C6H3F10O4P/c7-3(8,5(11,12)13)1(2(17)21(18,19)20)4(9,10)6(14,15)16/h1H,(H2,18,19,20)/p-2. The van der Waals surface area contributed by atoms with Crippen molar-refractivity contribution in [3.8, 4) is 0 Å². The molecule has 0 aliphatic heterocycles. The van der Waals surface area contributed by atoms with Crippen molar-refractivity contribution in [3.05, 3.63) is 0 Å². The molecule has 0 fully saturated rings. The molecule has 0 aliphatic carbocycles. The molecule has 0 heterocycles. The number of hydrogen-bond acceptors (Lipinski definition) is 4. The van der Waals surface area contributed by atoms with Gasteiger partial charge < -0.3 is 14.4 Å². The zero-order valence-electron chi connectivity index (χ0n) is 8.94. The summed E-state index contributed by atoms with van der Waals surface area (Å²) < 4.78 is 132. The Morgan fingerprint density at radius 1 is 0.762 bits per heavy atom. The summed E-state index contributed by atoms with van der Waals surface area (Å²) in [7, 11) is -7.24. The second-order valence-electron chi connectivity index (χ2n) is 3.51. The molecule has 0 aliphatic rings. The zero-order valence-corrected chi connectivity index (χ0v) is 9.83. The lowest BCUT2D eigenvalue weighted by molar-refractivity contribution is -0.366. The minimum Gasteiger partial charge on any atom is -0.805 e. The molecule has 21 heavy (non-hydrogen) atoms. The summed E-state index contributed by atoms with van der Waals surface area (Å²) in [5.41, 5.74) is -4.10. The topological polar surface area (TPSA) is 80.3 Å². The summed E-state index contributed by atoms with van der Waals surface area (Å²) in [4.78, 5) is 30.6. The van der Waals surface area contributed by atoms with Gasteiger partial charge in [0.1, 0.15) is 0 Å². The lowest BCUT2D eigenvalue weighted by Gasteiger charge is -2.39. The van der Waals surface area contributed by atoms with Crippen LogP contribution in [0.4, 0.5) is 43.9 Å². The van der Waals surface area contributed by atoms with Crippen molar-refractivity contribution in [3.63, 3.8) is 0 Å². The fraction of sp³-hybridized carbons (Fsp3) is 0.833. The molecule has 0 aromatic carbocycles. The zero-order chi connectivity index (χ0) is 17.7. The first-order valence-corrected chi connectivity index (χ1v) is 5.77. The molecular formula is C6HF10O4P-2. The van der Waals surface area contributed by atoms with Crippen LogP contribution < -0.4 is 9.79 Å². The third kappa shape index (κ3) is 3.66. The Hall–Kier alpha value is -0.880. The van der Waals surface area contributed by atoms with E-state index in [1.165, 1.54) is 0 Å². The van der Waals surface area contributed by atoms with Crippen LogP contribution in [0, 0.1) is 5.92 Å². The quantitative estimate of drug-likeness (QED) is 0.563. The van der Waals surface area contributed by atoms with Crippen LogP contribution in [-0.2, 0) is 9.36 Å². The highest BCUT2D eigenvalue weighted by atomic mass is 31.2. The Morgan fingerprint density at radius 3 is 1.14 bits per heavy atom. The van der Waals surface area contributed by atoms with E-state index >= 15 is 0 Å². The third-order valence-electron chi connectivity index (χ3n) is 2.00. The summed E-state index contributed by atoms with van der Waals surface area (Å²) in [6.45, 7) is 0. The largest absolute Gasteiger partial charge is 0.805 e. The normalized spacial score (nSPS) is 15.5. The first-order chi connectivity index (χ1) is 8.78. The Kier molecular flexibility index (Phi) is 4.88. The van der Waals surface area contributed by atoms with Gasteiger partial charge in [0.2, 0.25) is 0 Å². The number of hydrogen-bond donors (Lipinski definition) is 0. The molecule has 0 rings (SSSR count). The summed E-state index contributed by atoms with van der Waals surface area (Å²) in [5, 5.41) is 0. The second kappa shape index (κ2) is 5.09. The van der Waals surface area contributed by atoms with Crippen molar-refractivity contribution in [1.82, 2.24) is 0 Å². The van der Waals surface area contributed by atoms with Crippen molar-refractivity contribution in [2.75, 3.05) is 0 Å². The highest BCUT2D eigenvalue weighted by Crippen LogP contribution is 2.55. The van der Waals surface area contributed by atoms with Crippen LogP contribution in [0.25, 0.3) is 0 Å². The number of halogens is 10. The fourth-order valence-corrected chi connectivity index (χ4v) is 1.66. The minimum absolute atomic E-state index is 4.10. The summed E-state index contributed by atoms with van der Waals surface area (Å²) in [6, 6.07) is 0. The second-order valence-corrected chi connectivity index (χ2v) is 4.95. The van der Waals surface area contributed by atoms with Gasteiger partial charge in [0.05, 0.1) is 0 Å². The first-order valence-electron chi connectivity index (χ1n) is 4.23. The molecule has 0 spiro atoms.